The standard InChI is InChI=1S/C13H25N5/c1-5-7-14-12-11(2)13(17-10-16-12)15-8-6-9-18(3)4/h10H,5-9H2,1-4H3,(H2,14,15,16,17). The normalized spacial score (nSPS) is 10.7. The highest BCUT2D eigenvalue weighted by Gasteiger charge is 2.05. The maximum atomic E-state index is 4.29. The van der Waals surface area contributed by atoms with Crippen LogP contribution in [0.4, 0.5) is 11.6 Å². The Hall–Kier alpha value is -1.36. The molecule has 102 valence electrons. The Kier molecular flexibility index (Phi) is 6.43. The van der Waals surface area contributed by atoms with Crippen LogP contribution >= 0.6 is 0 Å². The van der Waals surface area contributed by atoms with Gasteiger partial charge in [0.2, 0.25) is 0 Å². The molecule has 2 N–H and O–H groups in total. The fourth-order valence-corrected chi connectivity index (χ4v) is 1.65. The van der Waals surface area contributed by atoms with Crippen LogP contribution in [0, 0.1) is 6.92 Å². The zero-order valence-corrected chi connectivity index (χ0v) is 12.0. The molecule has 0 saturated carbocycles. The number of nitrogens with one attached hydrogen (secondary N) is 2. The highest BCUT2D eigenvalue weighted by Crippen LogP contribution is 2.17. The van der Waals surface area contributed by atoms with Crippen LogP contribution < -0.4 is 10.6 Å². The molecule has 0 aliphatic rings. The number of anilines is 2. The van der Waals surface area contributed by atoms with Crippen molar-refractivity contribution in [3.63, 3.8) is 0 Å². The first-order chi connectivity index (χ1) is 8.65. The quantitative estimate of drug-likeness (QED) is 0.692. The summed E-state index contributed by atoms with van der Waals surface area (Å²) >= 11 is 0. The molecule has 0 saturated heterocycles. The summed E-state index contributed by atoms with van der Waals surface area (Å²) in [5, 5.41) is 6.68. The van der Waals surface area contributed by atoms with Crippen molar-refractivity contribution < 1.29 is 0 Å². The number of hydrogen-bond acceptors (Lipinski definition) is 5. The van der Waals surface area contributed by atoms with Crippen molar-refractivity contribution in [1.29, 1.82) is 0 Å². The fourth-order valence-electron chi connectivity index (χ4n) is 1.65. The summed E-state index contributed by atoms with van der Waals surface area (Å²) < 4.78 is 0. The number of nitrogens with zero attached hydrogens (tertiary/aromatic N) is 3. The zero-order chi connectivity index (χ0) is 13.4. The van der Waals surface area contributed by atoms with Crippen LogP contribution in [-0.4, -0.2) is 48.6 Å². The molecular weight excluding hydrogens is 226 g/mol. The molecule has 0 radical (unpaired) electrons. The van der Waals surface area contributed by atoms with Gasteiger partial charge in [-0.25, -0.2) is 9.97 Å². The Morgan fingerprint density at radius 1 is 1.11 bits per heavy atom. The molecule has 0 unspecified atom stereocenters. The molecule has 0 fully saturated rings. The van der Waals surface area contributed by atoms with Gasteiger partial charge < -0.3 is 15.5 Å². The van der Waals surface area contributed by atoms with E-state index in [1.54, 1.807) is 6.33 Å². The molecule has 0 aromatic carbocycles. The number of rotatable bonds is 8. The lowest BCUT2D eigenvalue weighted by molar-refractivity contribution is 0.405. The fraction of sp³-hybridized carbons (Fsp3) is 0.692. The maximum Gasteiger partial charge on any atom is 0.134 e. The second kappa shape index (κ2) is 7.87. The summed E-state index contributed by atoms with van der Waals surface area (Å²) in [4.78, 5) is 10.7. The average Bonchev–Trinajstić information content (AvgIpc) is 2.34. The molecule has 5 nitrogen and oxygen atoms in total. The molecule has 1 aromatic rings. The molecule has 1 aromatic heterocycles. The van der Waals surface area contributed by atoms with Crippen LogP contribution in [0.3, 0.4) is 0 Å². The van der Waals surface area contributed by atoms with Crippen LogP contribution in [0.2, 0.25) is 0 Å². The minimum atomic E-state index is 0.932. The van der Waals surface area contributed by atoms with E-state index in [9.17, 15) is 0 Å². The monoisotopic (exact) mass is 251 g/mol. The van der Waals surface area contributed by atoms with Crippen LogP contribution in [0.1, 0.15) is 25.3 Å². The van der Waals surface area contributed by atoms with Crippen molar-refractivity contribution >= 4 is 11.6 Å². The minimum absolute atomic E-state index is 0.932. The summed E-state index contributed by atoms with van der Waals surface area (Å²) in [6.07, 6.45) is 3.81. The summed E-state index contributed by atoms with van der Waals surface area (Å²) in [5.74, 6) is 1.87. The van der Waals surface area contributed by atoms with Gasteiger partial charge in [0.05, 0.1) is 0 Å². The summed E-state index contributed by atoms with van der Waals surface area (Å²) in [7, 11) is 4.17. The van der Waals surface area contributed by atoms with Crippen LogP contribution in [0.15, 0.2) is 6.33 Å². The van der Waals surface area contributed by atoms with E-state index in [2.05, 4.69) is 46.5 Å². The van der Waals surface area contributed by atoms with Crippen molar-refractivity contribution in [2.75, 3.05) is 44.4 Å². The van der Waals surface area contributed by atoms with E-state index in [1.165, 1.54) is 0 Å². The highest BCUT2D eigenvalue weighted by atomic mass is 15.1. The zero-order valence-electron chi connectivity index (χ0n) is 12.0. The van der Waals surface area contributed by atoms with E-state index in [-0.39, 0.29) is 0 Å². The molecule has 1 rings (SSSR count). The third kappa shape index (κ3) is 4.87. The van der Waals surface area contributed by atoms with Gasteiger partial charge in [-0.1, -0.05) is 6.92 Å². The Bertz CT molecular complexity index is 351. The first-order valence-electron chi connectivity index (χ1n) is 6.59. The summed E-state index contributed by atoms with van der Waals surface area (Å²) in [6.45, 7) is 7.15. The van der Waals surface area contributed by atoms with Gasteiger partial charge in [0.25, 0.3) is 0 Å². The van der Waals surface area contributed by atoms with Crippen LogP contribution in [-0.2, 0) is 0 Å². The maximum absolute atomic E-state index is 4.29. The van der Waals surface area contributed by atoms with Crippen molar-refractivity contribution in [3.8, 4) is 0 Å². The molecule has 0 aliphatic carbocycles. The van der Waals surface area contributed by atoms with E-state index in [0.717, 1.165) is 49.7 Å². The molecule has 0 amide bonds. The molecule has 1 heterocycles. The SMILES string of the molecule is CCCNc1ncnc(NCCCN(C)C)c1C. The molecule has 0 bridgehead atoms. The van der Waals surface area contributed by atoms with Gasteiger partial charge in [0.1, 0.15) is 18.0 Å². The number of aromatic nitrogens is 2. The minimum Gasteiger partial charge on any atom is -0.370 e. The third-order valence-electron chi connectivity index (χ3n) is 2.70. The summed E-state index contributed by atoms with van der Waals surface area (Å²) in [5.41, 5.74) is 1.09. The van der Waals surface area contributed by atoms with Crippen molar-refractivity contribution in [1.82, 2.24) is 14.9 Å². The van der Waals surface area contributed by atoms with Crippen LogP contribution in [0.5, 0.6) is 0 Å². The Balaban J connectivity index is 2.49. The van der Waals surface area contributed by atoms with Gasteiger partial charge in [0.15, 0.2) is 0 Å². The topological polar surface area (TPSA) is 53.1 Å². The van der Waals surface area contributed by atoms with E-state index in [1.807, 2.05) is 6.92 Å². The molecule has 0 atom stereocenters. The molecule has 18 heavy (non-hydrogen) atoms. The predicted octanol–water partition coefficient (Wildman–Crippen LogP) is 1.97. The highest BCUT2D eigenvalue weighted by molar-refractivity contribution is 5.56. The van der Waals surface area contributed by atoms with E-state index < -0.39 is 0 Å². The second-order valence-electron chi connectivity index (χ2n) is 4.71. The first-order valence-corrected chi connectivity index (χ1v) is 6.59. The van der Waals surface area contributed by atoms with E-state index >= 15 is 0 Å². The lowest BCUT2D eigenvalue weighted by atomic mass is 10.3. The second-order valence-corrected chi connectivity index (χ2v) is 4.71. The van der Waals surface area contributed by atoms with Gasteiger partial charge in [-0.15, -0.1) is 0 Å². The van der Waals surface area contributed by atoms with Crippen LogP contribution in [0.25, 0.3) is 0 Å². The smallest absolute Gasteiger partial charge is 0.134 e. The third-order valence-corrected chi connectivity index (χ3v) is 2.70. The van der Waals surface area contributed by atoms with Gasteiger partial charge in [0, 0.05) is 18.7 Å². The molecular formula is C13H25N5. The molecule has 0 spiro atoms. The van der Waals surface area contributed by atoms with Gasteiger partial charge in [-0.05, 0) is 40.4 Å². The molecule has 0 aliphatic heterocycles. The Morgan fingerprint density at radius 2 is 1.72 bits per heavy atom. The van der Waals surface area contributed by atoms with E-state index in [4.69, 9.17) is 0 Å². The van der Waals surface area contributed by atoms with Crippen molar-refractivity contribution in [2.24, 2.45) is 0 Å². The average molecular weight is 251 g/mol. The van der Waals surface area contributed by atoms with Gasteiger partial charge in [-0.2, -0.15) is 0 Å². The summed E-state index contributed by atoms with van der Waals surface area (Å²) in [6, 6.07) is 0. The lowest BCUT2D eigenvalue weighted by Crippen LogP contribution is -2.17. The lowest BCUT2D eigenvalue weighted by Gasteiger charge is -2.13. The first kappa shape index (κ1) is 14.7. The van der Waals surface area contributed by atoms with Crippen molar-refractivity contribution in [3.05, 3.63) is 11.9 Å². The van der Waals surface area contributed by atoms with Crippen molar-refractivity contribution in [2.45, 2.75) is 26.7 Å². The van der Waals surface area contributed by atoms with Gasteiger partial charge >= 0.3 is 0 Å². The largest absolute Gasteiger partial charge is 0.370 e. The number of hydrogen-bond donors (Lipinski definition) is 2. The van der Waals surface area contributed by atoms with E-state index in [0.29, 0.717) is 0 Å². The molecule has 5 heteroatoms. The predicted molar refractivity (Wildman–Crippen MR) is 77.2 cm³/mol. The Morgan fingerprint density at radius 3 is 2.28 bits per heavy atom. The Labute approximate surface area is 110 Å². The van der Waals surface area contributed by atoms with Gasteiger partial charge in [-0.3, -0.25) is 0 Å².